The molecule has 0 saturated heterocycles. The van der Waals surface area contributed by atoms with Gasteiger partial charge in [-0.1, -0.05) is 29.8 Å². The Morgan fingerprint density at radius 3 is 2.75 bits per heavy atom. The summed E-state index contributed by atoms with van der Waals surface area (Å²) in [7, 11) is 1.61. The number of benzene rings is 1. The number of aryl methyl sites for hydroxylation is 1. The predicted octanol–water partition coefficient (Wildman–Crippen LogP) is 1.08. The second-order valence-corrected chi connectivity index (χ2v) is 5.35. The van der Waals surface area contributed by atoms with Gasteiger partial charge < -0.3 is 14.9 Å². The number of para-hydroxylation sites is 1. The highest BCUT2D eigenvalue weighted by atomic mass is 32.2. The average Bonchev–Trinajstić information content (AvgIpc) is 2.76. The van der Waals surface area contributed by atoms with Crippen molar-refractivity contribution in [2.75, 3.05) is 5.32 Å². The van der Waals surface area contributed by atoms with Crippen molar-refractivity contribution in [3.05, 3.63) is 30.3 Å². The number of anilines is 1. The number of amides is 1. The van der Waals surface area contributed by atoms with Crippen LogP contribution in [0.5, 0.6) is 5.95 Å². The van der Waals surface area contributed by atoms with E-state index in [1.165, 1.54) is 4.68 Å². The molecular weight excluding hydrogens is 278 g/mol. The molecular formula is C13H15N3O3S. The third-order valence-corrected chi connectivity index (χ3v) is 4.16. The van der Waals surface area contributed by atoms with Crippen LogP contribution in [-0.2, 0) is 11.8 Å². The highest BCUT2D eigenvalue weighted by Gasteiger charge is 2.25. The highest BCUT2D eigenvalue weighted by Crippen LogP contribution is 2.28. The van der Waals surface area contributed by atoms with E-state index in [0.717, 1.165) is 17.4 Å². The van der Waals surface area contributed by atoms with E-state index in [0.29, 0.717) is 11.4 Å². The first-order valence-electron chi connectivity index (χ1n) is 6.17. The van der Waals surface area contributed by atoms with Gasteiger partial charge in [0.1, 0.15) is 0 Å². The first kappa shape index (κ1) is 14.4. The lowest BCUT2D eigenvalue weighted by atomic mass is 10.3. The van der Waals surface area contributed by atoms with Gasteiger partial charge in [-0.05, 0) is 30.3 Å². The van der Waals surface area contributed by atoms with E-state index in [-0.39, 0.29) is 11.2 Å². The van der Waals surface area contributed by atoms with Gasteiger partial charge in [0, 0.05) is 5.69 Å². The van der Waals surface area contributed by atoms with Crippen molar-refractivity contribution < 1.29 is 19.1 Å². The molecule has 1 heterocycles. The Labute approximate surface area is 120 Å². The van der Waals surface area contributed by atoms with E-state index in [2.05, 4.69) is 15.1 Å². The van der Waals surface area contributed by atoms with Gasteiger partial charge in [0.05, 0.1) is 10.5 Å². The summed E-state index contributed by atoms with van der Waals surface area (Å²) in [5.74, 6) is -0.673. The fraction of sp³-hybridized carbons (Fsp3) is 0.308. The lowest BCUT2D eigenvalue weighted by molar-refractivity contribution is -0.772. The van der Waals surface area contributed by atoms with Gasteiger partial charge in [-0.3, -0.25) is 4.79 Å². The second-order valence-electron chi connectivity index (χ2n) is 4.16. The van der Waals surface area contributed by atoms with Gasteiger partial charge in [0.15, 0.2) is 13.0 Å². The Balaban J connectivity index is 2.07. The van der Waals surface area contributed by atoms with Gasteiger partial charge in [-0.25, -0.2) is 0 Å². The molecule has 0 aliphatic heterocycles. The van der Waals surface area contributed by atoms with Crippen molar-refractivity contribution in [3.8, 4) is 5.95 Å². The number of nitrogens with zero attached hydrogens (tertiary/aromatic N) is 2. The summed E-state index contributed by atoms with van der Waals surface area (Å²) in [4.78, 5) is 12.2. The van der Waals surface area contributed by atoms with E-state index in [9.17, 15) is 9.90 Å². The number of rotatable bonds is 5. The molecule has 1 amide bonds. The molecule has 0 aliphatic carbocycles. The summed E-state index contributed by atoms with van der Waals surface area (Å²) in [6, 6.07) is 9.20. The minimum atomic E-state index is -0.525. The smallest absolute Gasteiger partial charge is 0.291 e. The lowest BCUT2D eigenvalue weighted by Crippen LogP contribution is -2.34. The first-order chi connectivity index (χ1) is 9.61. The molecule has 1 atom stereocenters. The quantitative estimate of drug-likeness (QED) is 0.659. The molecule has 0 bridgehead atoms. The Morgan fingerprint density at radius 2 is 2.20 bits per heavy atom. The Hall–Kier alpha value is -2.02. The molecule has 20 heavy (non-hydrogen) atoms. The third kappa shape index (κ3) is 3.30. The van der Waals surface area contributed by atoms with Crippen LogP contribution in [0.15, 0.2) is 39.9 Å². The zero-order chi connectivity index (χ0) is 14.5. The van der Waals surface area contributed by atoms with Crippen molar-refractivity contribution in [2.45, 2.75) is 23.6 Å². The summed E-state index contributed by atoms with van der Waals surface area (Å²) in [6.45, 7) is 1.89. The van der Waals surface area contributed by atoms with Crippen LogP contribution in [0.25, 0.3) is 0 Å². The summed E-state index contributed by atoms with van der Waals surface area (Å²) < 4.78 is 5.88. The SMILES string of the molecule is CCC(Sc1c([O-])on[n+]1C)C(=O)Nc1ccccc1. The minimum Gasteiger partial charge on any atom is -0.538 e. The molecule has 0 saturated carbocycles. The zero-order valence-electron chi connectivity index (χ0n) is 11.2. The maximum absolute atomic E-state index is 12.2. The van der Waals surface area contributed by atoms with Crippen LogP contribution < -0.4 is 15.1 Å². The molecule has 7 heteroatoms. The minimum absolute atomic E-state index is 0.149. The topological polar surface area (TPSA) is 82.1 Å². The number of carbonyl (C=O) groups excluding carboxylic acids is 1. The predicted molar refractivity (Wildman–Crippen MR) is 72.1 cm³/mol. The number of thioether (sulfide) groups is 1. The monoisotopic (exact) mass is 293 g/mol. The molecule has 2 aromatic rings. The highest BCUT2D eigenvalue weighted by molar-refractivity contribution is 8.00. The van der Waals surface area contributed by atoms with Crippen LogP contribution in [0.2, 0.25) is 0 Å². The van der Waals surface area contributed by atoms with Gasteiger partial charge in [0.25, 0.3) is 5.03 Å². The number of hydrogen-bond acceptors (Lipinski definition) is 5. The van der Waals surface area contributed by atoms with E-state index in [4.69, 9.17) is 0 Å². The normalized spacial score (nSPS) is 12.1. The number of hydrogen-bond donors (Lipinski definition) is 1. The molecule has 1 N–H and O–H groups in total. The summed E-state index contributed by atoms with van der Waals surface area (Å²) in [5.41, 5.74) is 0.730. The van der Waals surface area contributed by atoms with E-state index in [1.54, 1.807) is 7.05 Å². The average molecular weight is 293 g/mol. The van der Waals surface area contributed by atoms with Crippen LogP contribution in [0.3, 0.4) is 0 Å². The van der Waals surface area contributed by atoms with Crippen LogP contribution in [0.4, 0.5) is 5.69 Å². The summed E-state index contributed by atoms with van der Waals surface area (Å²) in [6.07, 6.45) is 0.591. The second kappa shape index (κ2) is 6.42. The first-order valence-corrected chi connectivity index (χ1v) is 7.05. The van der Waals surface area contributed by atoms with Crippen LogP contribution in [0, 0.1) is 0 Å². The van der Waals surface area contributed by atoms with E-state index < -0.39 is 5.95 Å². The lowest BCUT2D eigenvalue weighted by Gasteiger charge is -2.12. The molecule has 6 nitrogen and oxygen atoms in total. The van der Waals surface area contributed by atoms with Gasteiger partial charge in [-0.2, -0.15) is 0 Å². The standard InChI is InChI=1S/C13H15N3O3S/c1-3-10(20-12-13(18)19-15-16(12)2)11(17)14-9-7-5-4-6-8-9/h4-8,10H,3H2,1-2H3,(H-,14,15,17,18). The molecule has 0 aliphatic rings. The van der Waals surface area contributed by atoms with Crippen molar-refractivity contribution in [3.63, 3.8) is 0 Å². The fourth-order valence-corrected chi connectivity index (χ4v) is 2.55. The van der Waals surface area contributed by atoms with Crippen LogP contribution >= 0.6 is 11.8 Å². The maximum Gasteiger partial charge on any atom is 0.291 e. The van der Waals surface area contributed by atoms with Gasteiger partial charge in [0.2, 0.25) is 5.91 Å². The molecule has 1 aromatic heterocycles. The van der Waals surface area contributed by atoms with Gasteiger partial charge in [-0.15, -0.1) is 0 Å². The van der Waals surface area contributed by atoms with Crippen molar-refractivity contribution in [1.82, 2.24) is 5.27 Å². The fourth-order valence-electron chi connectivity index (χ4n) is 1.63. The molecule has 0 fully saturated rings. The maximum atomic E-state index is 12.2. The Morgan fingerprint density at radius 1 is 1.50 bits per heavy atom. The summed E-state index contributed by atoms with van der Waals surface area (Å²) in [5, 5.41) is 17.8. The molecule has 0 radical (unpaired) electrons. The van der Waals surface area contributed by atoms with Crippen molar-refractivity contribution >= 4 is 23.4 Å². The Bertz CT molecular complexity index is 566. The zero-order valence-corrected chi connectivity index (χ0v) is 12.0. The van der Waals surface area contributed by atoms with E-state index in [1.807, 2.05) is 37.3 Å². The number of aromatic nitrogens is 2. The number of nitrogens with one attached hydrogen (secondary N) is 1. The van der Waals surface area contributed by atoms with Crippen molar-refractivity contribution in [1.29, 1.82) is 0 Å². The van der Waals surface area contributed by atoms with Crippen molar-refractivity contribution in [2.24, 2.45) is 7.05 Å². The molecule has 0 spiro atoms. The third-order valence-electron chi connectivity index (χ3n) is 2.67. The van der Waals surface area contributed by atoms with Crippen LogP contribution in [0.1, 0.15) is 13.3 Å². The summed E-state index contributed by atoms with van der Waals surface area (Å²) >= 11 is 1.16. The molecule has 1 aromatic carbocycles. The largest absolute Gasteiger partial charge is 0.538 e. The van der Waals surface area contributed by atoms with Gasteiger partial charge >= 0.3 is 0 Å². The molecule has 106 valence electrons. The Kier molecular flexibility index (Phi) is 4.62. The van der Waals surface area contributed by atoms with E-state index >= 15 is 0 Å². The number of carbonyl (C=O) groups is 1. The molecule has 1 unspecified atom stereocenters. The molecule has 2 rings (SSSR count). The van der Waals surface area contributed by atoms with Crippen LogP contribution in [-0.4, -0.2) is 16.4 Å².